The average molecular weight is 291 g/mol. The van der Waals surface area contributed by atoms with Gasteiger partial charge in [0.2, 0.25) is 0 Å². The first kappa shape index (κ1) is 14.5. The summed E-state index contributed by atoms with van der Waals surface area (Å²) in [4.78, 5) is 0. The molecule has 0 N–H and O–H groups in total. The van der Waals surface area contributed by atoms with Crippen LogP contribution in [-0.4, -0.2) is 14.2 Å². The van der Waals surface area contributed by atoms with Gasteiger partial charge in [0.25, 0.3) is 0 Å². The number of furan rings is 1. The maximum Gasteiger partial charge on any atom is 0.337 e. The molecule has 1 aromatic carbocycles. The molecule has 2 rings (SSSR count). The predicted molar refractivity (Wildman–Crippen MR) is 74.2 cm³/mol. The fraction of sp³-hybridized carbons (Fsp3) is 0.214. The Bertz CT molecular complexity index is 664. The molecule has 0 amide bonds. The van der Waals surface area contributed by atoms with E-state index >= 15 is 0 Å². The van der Waals surface area contributed by atoms with E-state index in [0.717, 1.165) is 5.56 Å². The molecule has 0 bridgehead atoms. The van der Waals surface area contributed by atoms with Gasteiger partial charge in [-0.25, -0.2) is 0 Å². The van der Waals surface area contributed by atoms with Gasteiger partial charge in [-0.1, -0.05) is 30.3 Å². The summed E-state index contributed by atoms with van der Waals surface area (Å²) in [5.74, 6) is 0.856. The van der Waals surface area contributed by atoms with Gasteiger partial charge in [-0.15, -0.1) is 0 Å². The summed E-state index contributed by atoms with van der Waals surface area (Å²) in [6.45, 7) is 0. The van der Waals surface area contributed by atoms with E-state index in [2.05, 4.69) is 0 Å². The first-order chi connectivity index (χ1) is 9.61. The second-order valence-electron chi connectivity index (χ2n) is 4.06. The zero-order valence-electron chi connectivity index (χ0n) is 11.2. The van der Waals surface area contributed by atoms with Crippen molar-refractivity contribution in [1.29, 1.82) is 5.26 Å². The Kier molecular flexibility index (Phi) is 4.41. The third kappa shape index (κ3) is 3.00. The van der Waals surface area contributed by atoms with Crippen molar-refractivity contribution in [3.63, 3.8) is 0 Å². The summed E-state index contributed by atoms with van der Waals surface area (Å²) in [6.07, 6.45) is -0.0737. The van der Waals surface area contributed by atoms with Crippen LogP contribution in [0.25, 0.3) is 11.3 Å². The van der Waals surface area contributed by atoms with Crippen LogP contribution in [-0.2, 0) is 19.8 Å². The van der Waals surface area contributed by atoms with Gasteiger partial charge in [-0.2, -0.15) is 5.26 Å². The highest BCUT2D eigenvalue weighted by atomic mass is 31.2. The Morgan fingerprint density at radius 1 is 1.25 bits per heavy atom. The van der Waals surface area contributed by atoms with E-state index in [0.29, 0.717) is 17.1 Å². The maximum atomic E-state index is 12.1. The summed E-state index contributed by atoms with van der Waals surface area (Å²) in [5, 5.41) is 9.14. The van der Waals surface area contributed by atoms with Crippen LogP contribution in [0.5, 0.6) is 0 Å². The van der Waals surface area contributed by atoms with Crippen LogP contribution in [0.4, 0.5) is 0 Å². The molecule has 0 fully saturated rings. The Labute approximate surface area is 117 Å². The highest BCUT2D eigenvalue weighted by Gasteiger charge is 2.26. The smallest absolute Gasteiger partial charge is 0.337 e. The summed E-state index contributed by atoms with van der Waals surface area (Å²) in [7, 11) is -0.660. The second kappa shape index (κ2) is 6.06. The van der Waals surface area contributed by atoms with Gasteiger partial charge in [0, 0.05) is 25.8 Å². The SMILES string of the molecule is COP(=O)(Cc1oc(-c2ccccc2)cc1C#N)OC. The van der Waals surface area contributed by atoms with Crippen molar-refractivity contribution < 1.29 is 18.0 Å². The molecule has 1 heterocycles. The zero-order chi connectivity index (χ0) is 14.6. The van der Waals surface area contributed by atoms with Crippen molar-refractivity contribution >= 4 is 7.60 Å². The summed E-state index contributed by atoms with van der Waals surface area (Å²) < 4.78 is 27.5. The molecule has 2 aromatic rings. The first-order valence-electron chi connectivity index (χ1n) is 5.90. The Morgan fingerprint density at radius 2 is 1.90 bits per heavy atom. The molecular formula is C14H14NO4P. The molecular weight excluding hydrogens is 277 g/mol. The molecule has 20 heavy (non-hydrogen) atoms. The molecule has 0 spiro atoms. The molecule has 104 valence electrons. The van der Waals surface area contributed by atoms with Gasteiger partial charge in [0.15, 0.2) is 0 Å². The second-order valence-corrected chi connectivity index (χ2v) is 6.33. The standard InChI is InChI=1S/C14H14NO4P/c1-17-20(16,18-2)10-14-12(9-15)8-13(19-14)11-6-4-3-5-7-11/h3-8H,10H2,1-2H3. The average Bonchev–Trinajstić information content (AvgIpc) is 2.90. The fourth-order valence-corrected chi connectivity index (χ4v) is 2.76. The quantitative estimate of drug-likeness (QED) is 0.783. The molecule has 0 saturated heterocycles. The van der Waals surface area contributed by atoms with E-state index in [-0.39, 0.29) is 6.16 Å². The van der Waals surface area contributed by atoms with Crippen LogP contribution >= 0.6 is 7.60 Å². The Balaban J connectivity index is 2.38. The van der Waals surface area contributed by atoms with Crippen molar-refractivity contribution in [2.75, 3.05) is 14.2 Å². The lowest BCUT2D eigenvalue weighted by molar-refractivity contribution is 0.272. The number of hydrogen-bond acceptors (Lipinski definition) is 5. The van der Waals surface area contributed by atoms with Gasteiger partial charge in [-0.05, 0) is 0 Å². The number of nitrogens with zero attached hydrogens (tertiary/aromatic N) is 1. The minimum absolute atomic E-state index is 0.0737. The van der Waals surface area contributed by atoms with Crippen molar-refractivity contribution in [2.45, 2.75) is 6.16 Å². The Hall–Kier alpha value is -1.86. The molecule has 0 radical (unpaired) electrons. The number of nitriles is 1. The van der Waals surface area contributed by atoms with Crippen LogP contribution in [0.1, 0.15) is 11.3 Å². The minimum atomic E-state index is -3.27. The van der Waals surface area contributed by atoms with Crippen molar-refractivity contribution in [3.8, 4) is 17.4 Å². The van der Waals surface area contributed by atoms with Crippen LogP contribution < -0.4 is 0 Å². The van der Waals surface area contributed by atoms with Gasteiger partial charge in [0.05, 0.1) is 5.56 Å². The van der Waals surface area contributed by atoms with E-state index in [1.54, 1.807) is 6.07 Å². The monoisotopic (exact) mass is 291 g/mol. The number of hydrogen-bond donors (Lipinski definition) is 0. The van der Waals surface area contributed by atoms with Crippen molar-refractivity contribution in [1.82, 2.24) is 0 Å². The lowest BCUT2D eigenvalue weighted by Gasteiger charge is -2.11. The Morgan fingerprint density at radius 3 is 2.45 bits per heavy atom. The lowest BCUT2D eigenvalue weighted by atomic mass is 10.1. The van der Waals surface area contributed by atoms with Gasteiger partial charge in [-0.3, -0.25) is 4.57 Å². The topological polar surface area (TPSA) is 72.5 Å². The molecule has 1 aromatic heterocycles. The molecule has 0 aliphatic carbocycles. The van der Waals surface area contributed by atoms with E-state index in [4.69, 9.17) is 18.7 Å². The third-order valence-electron chi connectivity index (χ3n) is 2.88. The molecule has 5 nitrogen and oxygen atoms in total. The van der Waals surface area contributed by atoms with Gasteiger partial charge >= 0.3 is 7.60 Å². The normalized spacial score (nSPS) is 11.2. The largest absolute Gasteiger partial charge is 0.459 e. The van der Waals surface area contributed by atoms with Gasteiger partial charge in [0.1, 0.15) is 23.8 Å². The van der Waals surface area contributed by atoms with Crippen LogP contribution in [0, 0.1) is 11.3 Å². The molecule has 6 heteroatoms. The minimum Gasteiger partial charge on any atom is -0.459 e. The predicted octanol–water partition coefficient (Wildman–Crippen LogP) is 3.80. The van der Waals surface area contributed by atoms with Crippen LogP contribution in [0.2, 0.25) is 0 Å². The number of rotatable bonds is 5. The highest BCUT2D eigenvalue weighted by molar-refractivity contribution is 7.52. The molecule has 0 saturated carbocycles. The maximum absolute atomic E-state index is 12.1. The van der Waals surface area contributed by atoms with Crippen LogP contribution in [0.15, 0.2) is 40.8 Å². The van der Waals surface area contributed by atoms with Crippen LogP contribution in [0.3, 0.4) is 0 Å². The van der Waals surface area contributed by atoms with E-state index in [1.807, 2.05) is 36.4 Å². The lowest BCUT2D eigenvalue weighted by Crippen LogP contribution is -1.93. The third-order valence-corrected chi connectivity index (χ3v) is 4.67. The number of benzene rings is 1. The molecule has 0 unspecified atom stereocenters. The van der Waals surface area contributed by atoms with E-state index < -0.39 is 7.60 Å². The van der Waals surface area contributed by atoms with Gasteiger partial charge < -0.3 is 13.5 Å². The zero-order valence-corrected chi connectivity index (χ0v) is 12.1. The molecule has 0 aliphatic rings. The van der Waals surface area contributed by atoms with Crippen molar-refractivity contribution in [2.24, 2.45) is 0 Å². The fourth-order valence-electron chi connectivity index (χ4n) is 1.77. The highest BCUT2D eigenvalue weighted by Crippen LogP contribution is 2.50. The van der Waals surface area contributed by atoms with E-state index in [1.165, 1.54) is 14.2 Å². The first-order valence-corrected chi connectivity index (χ1v) is 7.63. The van der Waals surface area contributed by atoms with Crippen molar-refractivity contribution in [3.05, 3.63) is 47.7 Å². The summed E-state index contributed by atoms with van der Waals surface area (Å²) >= 11 is 0. The summed E-state index contributed by atoms with van der Waals surface area (Å²) in [6, 6.07) is 13.0. The molecule has 0 atom stereocenters. The van der Waals surface area contributed by atoms with E-state index in [9.17, 15) is 4.57 Å². The summed E-state index contributed by atoms with van der Waals surface area (Å²) in [5.41, 5.74) is 1.18. The molecule has 0 aliphatic heterocycles.